The summed E-state index contributed by atoms with van der Waals surface area (Å²) in [6.07, 6.45) is 0. The van der Waals surface area contributed by atoms with Crippen molar-refractivity contribution in [1.82, 2.24) is 14.2 Å². The van der Waals surface area contributed by atoms with Gasteiger partial charge in [-0.15, -0.1) is 0 Å². The molecular weight excluding hydrogens is 304 g/mol. The molecule has 6 nitrogen and oxygen atoms in total. The first-order valence-electron chi connectivity index (χ1n) is 5.04. The molecule has 0 aliphatic carbocycles. The van der Waals surface area contributed by atoms with Crippen LogP contribution in [0.3, 0.4) is 0 Å². The summed E-state index contributed by atoms with van der Waals surface area (Å²) in [7, 11) is 6.51. The number of nitriles is 1. The summed E-state index contributed by atoms with van der Waals surface area (Å²) in [4.78, 5) is 26.0. The van der Waals surface area contributed by atoms with Crippen LogP contribution < -0.4 is 0 Å². The second kappa shape index (κ2) is 6.79. The van der Waals surface area contributed by atoms with Gasteiger partial charge in [0.15, 0.2) is 0 Å². The molecule has 0 saturated carbocycles. The van der Waals surface area contributed by atoms with Gasteiger partial charge >= 0.3 is 0 Å². The van der Waals surface area contributed by atoms with Gasteiger partial charge in [0, 0.05) is 28.2 Å². The van der Waals surface area contributed by atoms with E-state index in [1.54, 1.807) is 28.2 Å². The number of rotatable bonds is 2. The average molecular weight is 316 g/mol. The minimum atomic E-state index is -0.211. The van der Waals surface area contributed by atoms with Gasteiger partial charge in [0.05, 0.1) is 0 Å². The molecule has 102 valence electrons. The molecule has 1 rings (SSSR count). The van der Waals surface area contributed by atoms with Gasteiger partial charge in [-0.2, -0.15) is 9.64 Å². The van der Waals surface area contributed by atoms with Gasteiger partial charge in [-0.05, 0) is 35.1 Å². The van der Waals surface area contributed by atoms with E-state index in [-0.39, 0.29) is 16.0 Å². The molecule has 9 heteroatoms. The quantitative estimate of drug-likeness (QED) is 0.780. The van der Waals surface area contributed by atoms with Gasteiger partial charge in [0.25, 0.3) is 10.5 Å². The third-order valence-corrected chi connectivity index (χ3v) is 5.03. The fourth-order valence-electron chi connectivity index (χ4n) is 0.839. The minimum Gasteiger partial charge on any atom is -0.339 e. The Labute approximate surface area is 123 Å². The van der Waals surface area contributed by atoms with Crippen molar-refractivity contribution in [1.29, 1.82) is 5.26 Å². The van der Waals surface area contributed by atoms with Gasteiger partial charge < -0.3 is 9.80 Å². The van der Waals surface area contributed by atoms with Crippen molar-refractivity contribution in [3.8, 4) is 6.07 Å². The van der Waals surface area contributed by atoms with Gasteiger partial charge in [-0.3, -0.25) is 9.59 Å². The highest BCUT2D eigenvalue weighted by molar-refractivity contribution is 8.15. The van der Waals surface area contributed by atoms with E-state index < -0.39 is 0 Å². The summed E-state index contributed by atoms with van der Waals surface area (Å²) in [5.74, 6) is 0. The number of thioether (sulfide) groups is 2. The molecule has 0 unspecified atom stereocenters. The molecule has 0 atom stereocenters. The third-order valence-electron chi connectivity index (χ3n) is 1.84. The Bertz CT molecular complexity index is 494. The minimum absolute atomic E-state index is 0.185. The Morgan fingerprint density at radius 2 is 1.68 bits per heavy atom. The zero-order chi connectivity index (χ0) is 14.6. The van der Waals surface area contributed by atoms with E-state index in [9.17, 15) is 9.59 Å². The van der Waals surface area contributed by atoms with Crippen molar-refractivity contribution in [3.05, 3.63) is 5.56 Å². The highest BCUT2D eigenvalue weighted by Crippen LogP contribution is 2.35. The number of amides is 2. The maximum Gasteiger partial charge on any atom is 0.287 e. The Kier molecular flexibility index (Phi) is 5.65. The zero-order valence-electron chi connectivity index (χ0n) is 10.8. The van der Waals surface area contributed by atoms with Crippen LogP contribution in [0.1, 0.15) is 5.56 Å². The van der Waals surface area contributed by atoms with E-state index in [1.165, 1.54) is 9.80 Å². The molecule has 0 aliphatic heterocycles. The lowest BCUT2D eigenvalue weighted by atomic mass is 10.4. The van der Waals surface area contributed by atoms with Crippen molar-refractivity contribution >= 4 is 45.5 Å². The van der Waals surface area contributed by atoms with Crippen molar-refractivity contribution in [2.24, 2.45) is 0 Å². The number of hydrogen-bond acceptors (Lipinski definition) is 7. The van der Waals surface area contributed by atoms with E-state index in [4.69, 9.17) is 5.26 Å². The summed E-state index contributed by atoms with van der Waals surface area (Å²) in [5.41, 5.74) is 0.283. The van der Waals surface area contributed by atoms with Crippen molar-refractivity contribution in [2.75, 3.05) is 28.2 Å². The fourth-order valence-corrected chi connectivity index (χ4v) is 3.38. The van der Waals surface area contributed by atoms with Gasteiger partial charge in [-0.1, -0.05) is 0 Å². The molecule has 0 saturated heterocycles. The molecule has 1 heterocycles. The first-order chi connectivity index (χ1) is 8.86. The van der Waals surface area contributed by atoms with Crippen LogP contribution >= 0.6 is 35.1 Å². The highest BCUT2D eigenvalue weighted by Gasteiger charge is 2.21. The first-order valence-corrected chi connectivity index (χ1v) is 7.45. The molecule has 19 heavy (non-hydrogen) atoms. The van der Waals surface area contributed by atoms with Crippen LogP contribution in [0.5, 0.6) is 0 Å². The number of hydrogen-bond donors (Lipinski definition) is 0. The Hall–Kier alpha value is -1.24. The molecule has 0 aromatic carbocycles. The fraction of sp³-hybridized carbons (Fsp3) is 0.400. The summed E-state index contributed by atoms with van der Waals surface area (Å²) in [5, 5.41) is 9.08. The molecule has 0 N–H and O–H groups in total. The Balaban J connectivity index is 2.93. The van der Waals surface area contributed by atoms with Crippen LogP contribution in [0.2, 0.25) is 0 Å². The topological polar surface area (TPSA) is 77.3 Å². The van der Waals surface area contributed by atoms with E-state index in [1.807, 2.05) is 6.07 Å². The van der Waals surface area contributed by atoms with Gasteiger partial charge in [-0.25, -0.2) is 0 Å². The monoisotopic (exact) mass is 316 g/mol. The molecule has 0 radical (unpaired) electrons. The summed E-state index contributed by atoms with van der Waals surface area (Å²) in [6.45, 7) is 0. The number of carbonyl (C=O) groups is 2. The SMILES string of the molecule is CN(C)C(=O)Sc1nsc(SC(=O)N(C)C)c1C#N. The molecule has 0 aliphatic rings. The highest BCUT2D eigenvalue weighted by atomic mass is 32.2. The van der Waals surface area contributed by atoms with Crippen LogP contribution in [-0.4, -0.2) is 52.8 Å². The molecular formula is C10H12N4O2S3. The predicted molar refractivity (Wildman–Crippen MR) is 76.7 cm³/mol. The molecule has 0 bridgehead atoms. The standard InChI is InChI=1S/C10H12N4O2S3/c1-13(2)9(15)17-7-6(5-11)8(19-12-7)18-10(16)14(3)4/h1-4H3. The van der Waals surface area contributed by atoms with Crippen LogP contribution in [0.25, 0.3) is 0 Å². The molecule has 1 aromatic heterocycles. The largest absolute Gasteiger partial charge is 0.339 e. The van der Waals surface area contributed by atoms with Crippen LogP contribution in [0, 0.1) is 11.3 Å². The van der Waals surface area contributed by atoms with Crippen LogP contribution in [0.15, 0.2) is 9.24 Å². The third kappa shape index (κ3) is 4.12. The summed E-state index contributed by atoms with van der Waals surface area (Å²) < 4.78 is 4.57. The second-order valence-corrected chi connectivity index (χ2v) is 6.72. The number of nitrogens with zero attached hydrogens (tertiary/aromatic N) is 4. The van der Waals surface area contributed by atoms with E-state index in [0.29, 0.717) is 9.24 Å². The average Bonchev–Trinajstić information content (AvgIpc) is 2.70. The molecule has 0 spiro atoms. The first kappa shape index (κ1) is 15.8. The summed E-state index contributed by atoms with van der Waals surface area (Å²) in [6, 6.07) is 2.00. The zero-order valence-corrected chi connectivity index (χ0v) is 13.3. The van der Waals surface area contributed by atoms with Gasteiger partial charge in [0.1, 0.15) is 20.9 Å². The smallest absolute Gasteiger partial charge is 0.287 e. The maximum atomic E-state index is 11.6. The normalized spacial score (nSPS) is 9.84. The second-order valence-electron chi connectivity index (χ2n) is 3.79. The Morgan fingerprint density at radius 1 is 1.16 bits per heavy atom. The maximum absolute atomic E-state index is 11.6. The molecule has 0 fully saturated rings. The van der Waals surface area contributed by atoms with E-state index in [0.717, 1.165) is 35.1 Å². The molecule has 2 amide bonds. The molecule has 1 aromatic rings. The Morgan fingerprint density at radius 3 is 2.16 bits per heavy atom. The summed E-state index contributed by atoms with van der Waals surface area (Å²) >= 11 is 2.88. The lowest BCUT2D eigenvalue weighted by Gasteiger charge is -2.08. The number of aromatic nitrogens is 1. The van der Waals surface area contributed by atoms with E-state index in [2.05, 4.69) is 4.37 Å². The lowest BCUT2D eigenvalue weighted by Crippen LogP contribution is -2.16. The predicted octanol–water partition coefficient (Wildman–Crippen LogP) is 2.56. The van der Waals surface area contributed by atoms with Crippen molar-refractivity contribution in [2.45, 2.75) is 9.24 Å². The lowest BCUT2D eigenvalue weighted by molar-refractivity contribution is 0.240. The van der Waals surface area contributed by atoms with Crippen molar-refractivity contribution < 1.29 is 9.59 Å². The number of carbonyl (C=O) groups excluding carboxylic acids is 2. The van der Waals surface area contributed by atoms with Crippen molar-refractivity contribution in [3.63, 3.8) is 0 Å². The van der Waals surface area contributed by atoms with E-state index >= 15 is 0 Å². The van der Waals surface area contributed by atoms with Gasteiger partial charge in [0.2, 0.25) is 0 Å². The van der Waals surface area contributed by atoms with Crippen LogP contribution in [-0.2, 0) is 0 Å². The van der Waals surface area contributed by atoms with Crippen LogP contribution in [0.4, 0.5) is 9.59 Å².